The number of piperidine rings is 1. The Hall–Kier alpha value is -1.36. The van der Waals surface area contributed by atoms with Crippen molar-refractivity contribution in [2.45, 2.75) is 18.9 Å². The lowest BCUT2D eigenvalue weighted by Gasteiger charge is -2.23. The van der Waals surface area contributed by atoms with Crippen molar-refractivity contribution in [1.29, 1.82) is 0 Å². The first-order valence-electron chi connectivity index (χ1n) is 4.89. The molecule has 0 saturated carbocycles. The molecule has 2 heterocycles. The van der Waals surface area contributed by atoms with Gasteiger partial charge in [0, 0.05) is 6.04 Å². The van der Waals surface area contributed by atoms with Crippen molar-refractivity contribution in [3.63, 3.8) is 0 Å². The van der Waals surface area contributed by atoms with Gasteiger partial charge in [0.25, 0.3) is 0 Å². The van der Waals surface area contributed by atoms with Crippen molar-refractivity contribution in [3.05, 3.63) is 12.4 Å². The van der Waals surface area contributed by atoms with E-state index in [1.165, 1.54) is 0 Å². The van der Waals surface area contributed by atoms with Gasteiger partial charge in [-0.1, -0.05) is 0 Å². The van der Waals surface area contributed by atoms with Gasteiger partial charge in [0.1, 0.15) is 11.6 Å². The topological polar surface area (TPSA) is 75.9 Å². The molecule has 0 spiro atoms. The second-order valence-corrected chi connectivity index (χ2v) is 3.50. The van der Waals surface area contributed by atoms with Crippen LogP contribution in [-0.4, -0.2) is 29.1 Å². The van der Waals surface area contributed by atoms with E-state index in [9.17, 15) is 0 Å². The Morgan fingerprint density at radius 1 is 1.36 bits per heavy atom. The lowest BCUT2D eigenvalue weighted by atomic mass is 10.1. The Morgan fingerprint density at radius 3 is 2.86 bits per heavy atom. The molecule has 1 aromatic heterocycles. The summed E-state index contributed by atoms with van der Waals surface area (Å²) in [4.78, 5) is 8.14. The summed E-state index contributed by atoms with van der Waals surface area (Å²) in [5.41, 5.74) is 5.54. The molecule has 2 rings (SSSR count). The number of nitrogen functional groups attached to an aromatic ring is 1. The number of rotatable bonds is 2. The minimum absolute atomic E-state index is 0.462. The highest BCUT2D eigenvalue weighted by atomic mass is 15.1. The summed E-state index contributed by atoms with van der Waals surface area (Å²) in [7, 11) is 0. The summed E-state index contributed by atoms with van der Waals surface area (Å²) in [5, 5.41) is 6.64. The van der Waals surface area contributed by atoms with E-state index >= 15 is 0 Å². The number of anilines is 2. The smallest absolute Gasteiger partial charge is 0.147 e. The highest BCUT2D eigenvalue weighted by Crippen LogP contribution is 2.10. The van der Waals surface area contributed by atoms with Gasteiger partial charge in [-0.25, -0.2) is 4.98 Å². The molecule has 5 nitrogen and oxygen atoms in total. The van der Waals surface area contributed by atoms with E-state index in [1.807, 2.05) is 0 Å². The molecule has 1 aliphatic rings. The van der Waals surface area contributed by atoms with Crippen LogP contribution in [0.4, 0.5) is 11.6 Å². The Labute approximate surface area is 83.1 Å². The van der Waals surface area contributed by atoms with Gasteiger partial charge in [-0.15, -0.1) is 0 Å². The van der Waals surface area contributed by atoms with Gasteiger partial charge in [-0.2, -0.15) is 0 Å². The average Bonchev–Trinajstić information content (AvgIpc) is 2.19. The van der Waals surface area contributed by atoms with Gasteiger partial charge in [0.2, 0.25) is 0 Å². The lowest BCUT2D eigenvalue weighted by molar-refractivity contribution is 0.478. The first-order valence-corrected chi connectivity index (χ1v) is 4.89. The van der Waals surface area contributed by atoms with E-state index in [1.54, 1.807) is 12.4 Å². The van der Waals surface area contributed by atoms with Crippen molar-refractivity contribution in [2.75, 3.05) is 24.1 Å². The second-order valence-electron chi connectivity index (χ2n) is 3.50. The van der Waals surface area contributed by atoms with Crippen LogP contribution in [0.3, 0.4) is 0 Å². The lowest BCUT2D eigenvalue weighted by Crippen LogP contribution is -2.35. The summed E-state index contributed by atoms with van der Waals surface area (Å²) >= 11 is 0. The second kappa shape index (κ2) is 4.23. The fourth-order valence-electron chi connectivity index (χ4n) is 1.63. The van der Waals surface area contributed by atoms with Crippen LogP contribution in [0.25, 0.3) is 0 Å². The maximum atomic E-state index is 5.54. The molecule has 0 unspecified atom stereocenters. The van der Waals surface area contributed by atoms with Crippen LogP contribution in [0.2, 0.25) is 0 Å². The van der Waals surface area contributed by atoms with Crippen molar-refractivity contribution in [1.82, 2.24) is 15.3 Å². The van der Waals surface area contributed by atoms with E-state index in [2.05, 4.69) is 20.6 Å². The van der Waals surface area contributed by atoms with E-state index in [0.717, 1.165) is 31.7 Å². The largest absolute Gasteiger partial charge is 0.382 e. The minimum atomic E-state index is 0.462. The molecule has 0 radical (unpaired) electrons. The SMILES string of the molecule is Nc1cncc(NC2CCNCC2)n1. The number of aromatic nitrogens is 2. The molecule has 1 aliphatic heterocycles. The summed E-state index contributed by atoms with van der Waals surface area (Å²) < 4.78 is 0. The maximum absolute atomic E-state index is 5.54. The molecular formula is C9H15N5. The normalized spacial score (nSPS) is 18.0. The number of nitrogens with zero attached hydrogens (tertiary/aromatic N) is 2. The van der Waals surface area contributed by atoms with Gasteiger partial charge < -0.3 is 16.4 Å². The fourth-order valence-corrected chi connectivity index (χ4v) is 1.63. The monoisotopic (exact) mass is 193 g/mol. The van der Waals surface area contributed by atoms with Crippen molar-refractivity contribution in [2.24, 2.45) is 0 Å². The first kappa shape index (κ1) is 9.21. The van der Waals surface area contributed by atoms with Crippen LogP contribution < -0.4 is 16.4 Å². The molecular weight excluding hydrogens is 178 g/mol. The van der Waals surface area contributed by atoms with Gasteiger partial charge in [-0.3, -0.25) is 4.98 Å². The molecule has 1 aromatic rings. The number of nitrogens with one attached hydrogen (secondary N) is 2. The third kappa shape index (κ3) is 2.32. The molecule has 0 bridgehead atoms. The molecule has 5 heteroatoms. The molecule has 0 amide bonds. The van der Waals surface area contributed by atoms with Gasteiger partial charge in [-0.05, 0) is 25.9 Å². The fraction of sp³-hybridized carbons (Fsp3) is 0.556. The van der Waals surface area contributed by atoms with Crippen LogP contribution >= 0.6 is 0 Å². The summed E-state index contributed by atoms with van der Waals surface area (Å²) in [6, 6.07) is 0.493. The van der Waals surface area contributed by atoms with Crippen molar-refractivity contribution in [3.8, 4) is 0 Å². The molecule has 0 atom stereocenters. The van der Waals surface area contributed by atoms with Crippen LogP contribution in [0.5, 0.6) is 0 Å². The molecule has 0 aliphatic carbocycles. The third-order valence-electron chi connectivity index (χ3n) is 2.34. The van der Waals surface area contributed by atoms with Crippen LogP contribution in [-0.2, 0) is 0 Å². The summed E-state index contributed by atoms with van der Waals surface area (Å²) in [6.07, 6.45) is 5.50. The molecule has 1 saturated heterocycles. The van der Waals surface area contributed by atoms with Gasteiger partial charge in [0.15, 0.2) is 0 Å². The van der Waals surface area contributed by atoms with E-state index < -0.39 is 0 Å². The van der Waals surface area contributed by atoms with Gasteiger partial charge >= 0.3 is 0 Å². The van der Waals surface area contributed by atoms with E-state index in [4.69, 9.17) is 5.73 Å². The Balaban J connectivity index is 1.95. The molecule has 0 aromatic carbocycles. The maximum Gasteiger partial charge on any atom is 0.147 e. The average molecular weight is 193 g/mol. The first-order chi connectivity index (χ1) is 6.84. The highest BCUT2D eigenvalue weighted by molar-refractivity contribution is 5.39. The zero-order valence-electron chi connectivity index (χ0n) is 8.03. The molecule has 1 fully saturated rings. The number of hydrogen-bond donors (Lipinski definition) is 3. The van der Waals surface area contributed by atoms with Crippen LogP contribution in [0, 0.1) is 0 Å². The predicted molar refractivity (Wildman–Crippen MR) is 56.0 cm³/mol. The van der Waals surface area contributed by atoms with E-state index in [0.29, 0.717) is 11.9 Å². The van der Waals surface area contributed by atoms with Crippen LogP contribution in [0.15, 0.2) is 12.4 Å². The van der Waals surface area contributed by atoms with Crippen molar-refractivity contribution >= 4 is 11.6 Å². The minimum Gasteiger partial charge on any atom is -0.382 e. The zero-order chi connectivity index (χ0) is 9.80. The molecule has 14 heavy (non-hydrogen) atoms. The summed E-state index contributed by atoms with van der Waals surface area (Å²) in [6.45, 7) is 2.13. The highest BCUT2D eigenvalue weighted by Gasteiger charge is 2.12. The number of hydrogen-bond acceptors (Lipinski definition) is 5. The summed E-state index contributed by atoms with van der Waals surface area (Å²) in [5.74, 6) is 1.24. The van der Waals surface area contributed by atoms with Crippen molar-refractivity contribution < 1.29 is 0 Å². The predicted octanol–water partition coefficient (Wildman–Crippen LogP) is 0.223. The zero-order valence-corrected chi connectivity index (χ0v) is 8.03. The third-order valence-corrected chi connectivity index (χ3v) is 2.34. The van der Waals surface area contributed by atoms with E-state index in [-0.39, 0.29) is 0 Å². The van der Waals surface area contributed by atoms with Crippen LogP contribution in [0.1, 0.15) is 12.8 Å². The van der Waals surface area contributed by atoms with Gasteiger partial charge in [0.05, 0.1) is 12.4 Å². The molecule has 4 N–H and O–H groups in total. The Bertz CT molecular complexity index is 295. The molecule has 76 valence electrons. The Kier molecular flexibility index (Phi) is 2.78. The number of nitrogens with two attached hydrogens (primary N) is 1. The standard InChI is InChI=1S/C9H15N5/c10-8-5-12-6-9(14-8)13-7-1-3-11-4-2-7/h5-7,11H,1-4H2,(H3,10,13,14). The Morgan fingerprint density at radius 2 is 2.14 bits per heavy atom. The quantitative estimate of drug-likeness (QED) is 0.626.